The molecule has 0 radical (unpaired) electrons. The van der Waals surface area contributed by atoms with E-state index in [0.29, 0.717) is 29.4 Å². The molecule has 1 heterocycles. The molecule has 8 heteroatoms. The van der Waals surface area contributed by atoms with Gasteiger partial charge in [0.1, 0.15) is 17.0 Å². The van der Waals surface area contributed by atoms with Gasteiger partial charge in [0.2, 0.25) is 5.91 Å². The minimum Gasteiger partial charge on any atom is -0.497 e. The number of aryl methyl sites for hydroxylation is 2. The van der Waals surface area contributed by atoms with Gasteiger partial charge < -0.3 is 10.1 Å². The summed E-state index contributed by atoms with van der Waals surface area (Å²) in [6.45, 7) is 3.96. The number of carbonyl (C=O) groups excluding carboxylic acids is 2. The van der Waals surface area contributed by atoms with Gasteiger partial charge in [-0.05, 0) is 73.7 Å². The number of hydrogen-bond donors (Lipinski definition) is 1. The first kappa shape index (κ1) is 25.5. The molecule has 1 saturated carbocycles. The summed E-state index contributed by atoms with van der Waals surface area (Å²) in [5.41, 5.74) is 3.09. The van der Waals surface area contributed by atoms with Gasteiger partial charge in [-0.3, -0.25) is 14.5 Å². The lowest BCUT2D eigenvalue weighted by Gasteiger charge is -2.31. The first-order chi connectivity index (χ1) is 17.3. The van der Waals surface area contributed by atoms with Crippen molar-refractivity contribution in [3.05, 3.63) is 64.9 Å². The highest BCUT2D eigenvalue weighted by Crippen LogP contribution is 2.32. The second kappa shape index (κ2) is 11.0. The average molecular weight is 503 g/mol. The van der Waals surface area contributed by atoms with Crippen LogP contribution in [-0.2, 0) is 9.59 Å². The smallest absolute Gasteiger partial charge is 0.283 e. The molecule has 1 aliphatic heterocycles. The van der Waals surface area contributed by atoms with Crippen LogP contribution in [0.5, 0.6) is 5.75 Å². The van der Waals surface area contributed by atoms with Gasteiger partial charge in [0.15, 0.2) is 5.17 Å². The van der Waals surface area contributed by atoms with E-state index in [-0.39, 0.29) is 17.6 Å². The van der Waals surface area contributed by atoms with Crippen molar-refractivity contribution in [2.45, 2.75) is 51.5 Å². The molecule has 0 saturated heterocycles. The number of nitrogens with one attached hydrogen (secondary N) is 1. The first-order valence-corrected chi connectivity index (χ1v) is 13.0. The standard InChI is InChI=1S/C28H30N4O3S/c1-19-13-20(2)15-22(14-19)32-26(34)24(16-21-7-9-23(35-3)10-8-21)30-27(32)36-17-25(33)31-28(18-29)11-5-4-6-12-28/h7-10,13-16H,4-6,11-12,17H2,1-3H3,(H,31,33)/b24-16-. The first-order valence-electron chi connectivity index (χ1n) is 12.0. The number of amidine groups is 1. The molecule has 186 valence electrons. The van der Waals surface area contributed by atoms with Crippen molar-refractivity contribution < 1.29 is 14.3 Å². The lowest BCUT2D eigenvalue weighted by atomic mass is 9.83. The van der Waals surface area contributed by atoms with Crippen LogP contribution in [-0.4, -0.2) is 35.4 Å². The summed E-state index contributed by atoms with van der Waals surface area (Å²) in [6, 6.07) is 15.6. The zero-order valence-electron chi connectivity index (χ0n) is 20.8. The van der Waals surface area contributed by atoms with Gasteiger partial charge in [-0.25, -0.2) is 4.99 Å². The van der Waals surface area contributed by atoms with Gasteiger partial charge in [-0.2, -0.15) is 5.26 Å². The van der Waals surface area contributed by atoms with Gasteiger partial charge in [0.05, 0.1) is 24.6 Å². The number of anilines is 1. The fraction of sp³-hybridized carbons (Fsp3) is 0.357. The lowest BCUT2D eigenvalue weighted by molar-refractivity contribution is -0.120. The zero-order chi connectivity index (χ0) is 25.7. The van der Waals surface area contributed by atoms with Crippen molar-refractivity contribution in [3.8, 4) is 11.8 Å². The molecule has 36 heavy (non-hydrogen) atoms. The quantitative estimate of drug-likeness (QED) is 0.553. The summed E-state index contributed by atoms with van der Waals surface area (Å²) >= 11 is 1.20. The summed E-state index contributed by atoms with van der Waals surface area (Å²) < 4.78 is 5.21. The Morgan fingerprint density at radius 1 is 1.17 bits per heavy atom. The van der Waals surface area contributed by atoms with E-state index in [4.69, 9.17) is 4.74 Å². The number of ether oxygens (including phenoxy) is 1. The topological polar surface area (TPSA) is 94.8 Å². The van der Waals surface area contributed by atoms with Gasteiger partial charge in [-0.1, -0.05) is 49.2 Å². The van der Waals surface area contributed by atoms with Crippen LogP contribution < -0.4 is 15.0 Å². The number of amides is 2. The van der Waals surface area contributed by atoms with Crippen LogP contribution in [0.4, 0.5) is 5.69 Å². The van der Waals surface area contributed by atoms with E-state index in [9.17, 15) is 14.9 Å². The lowest BCUT2D eigenvalue weighted by Crippen LogP contribution is -2.49. The highest BCUT2D eigenvalue weighted by molar-refractivity contribution is 8.14. The number of carbonyl (C=O) groups is 2. The van der Waals surface area contributed by atoms with Crippen molar-refractivity contribution in [2.24, 2.45) is 4.99 Å². The molecule has 0 atom stereocenters. The van der Waals surface area contributed by atoms with Gasteiger partial charge >= 0.3 is 0 Å². The van der Waals surface area contributed by atoms with E-state index in [1.54, 1.807) is 18.1 Å². The van der Waals surface area contributed by atoms with Crippen LogP contribution in [0.15, 0.2) is 53.2 Å². The van der Waals surface area contributed by atoms with Crippen LogP contribution in [0.3, 0.4) is 0 Å². The zero-order valence-corrected chi connectivity index (χ0v) is 21.7. The molecule has 2 amide bonds. The van der Waals surface area contributed by atoms with E-state index in [2.05, 4.69) is 16.4 Å². The van der Waals surface area contributed by atoms with E-state index in [1.165, 1.54) is 11.8 Å². The molecule has 1 N–H and O–H groups in total. The van der Waals surface area contributed by atoms with Gasteiger partial charge in [0, 0.05) is 0 Å². The third kappa shape index (κ3) is 5.80. The van der Waals surface area contributed by atoms with Crippen molar-refractivity contribution in [1.29, 1.82) is 5.26 Å². The Kier molecular flexibility index (Phi) is 7.80. The molecular weight excluding hydrogens is 472 g/mol. The van der Waals surface area contributed by atoms with Crippen LogP contribution in [0.25, 0.3) is 6.08 Å². The minimum absolute atomic E-state index is 0.0622. The molecule has 1 fully saturated rings. The Morgan fingerprint density at radius 3 is 2.44 bits per heavy atom. The fourth-order valence-electron chi connectivity index (χ4n) is 4.61. The molecule has 4 rings (SSSR count). The molecule has 0 unspecified atom stereocenters. The van der Waals surface area contributed by atoms with Crippen molar-refractivity contribution in [1.82, 2.24) is 5.32 Å². The Bertz CT molecular complexity index is 1230. The Labute approximate surface area is 216 Å². The van der Waals surface area contributed by atoms with E-state index in [1.807, 2.05) is 56.3 Å². The second-order valence-electron chi connectivity index (χ2n) is 9.28. The number of hydrogen-bond acceptors (Lipinski definition) is 6. The van der Waals surface area contributed by atoms with Gasteiger partial charge in [0.25, 0.3) is 5.91 Å². The average Bonchev–Trinajstić information content (AvgIpc) is 3.18. The van der Waals surface area contributed by atoms with E-state index in [0.717, 1.165) is 41.7 Å². The van der Waals surface area contributed by atoms with Crippen LogP contribution in [0, 0.1) is 25.2 Å². The van der Waals surface area contributed by atoms with Gasteiger partial charge in [-0.15, -0.1) is 0 Å². The highest BCUT2D eigenvalue weighted by atomic mass is 32.2. The monoisotopic (exact) mass is 502 g/mol. The predicted octanol–water partition coefficient (Wildman–Crippen LogP) is 5.13. The fourth-order valence-corrected chi connectivity index (χ4v) is 5.42. The largest absolute Gasteiger partial charge is 0.497 e. The molecule has 7 nitrogen and oxygen atoms in total. The molecule has 0 aromatic heterocycles. The number of thioether (sulfide) groups is 1. The van der Waals surface area contributed by atoms with Crippen LogP contribution >= 0.6 is 11.8 Å². The maximum absolute atomic E-state index is 13.5. The number of aliphatic imine (C=N–C) groups is 1. The third-order valence-corrected chi connectivity index (χ3v) is 7.28. The maximum atomic E-state index is 13.5. The van der Waals surface area contributed by atoms with Crippen LogP contribution in [0.2, 0.25) is 0 Å². The maximum Gasteiger partial charge on any atom is 0.283 e. The molecule has 0 bridgehead atoms. The van der Waals surface area contributed by atoms with Crippen molar-refractivity contribution in [2.75, 3.05) is 17.8 Å². The second-order valence-corrected chi connectivity index (χ2v) is 10.2. The van der Waals surface area contributed by atoms with E-state index >= 15 is 0 Å². The summed E-state index contributed by atoms with van der Waals surface area (Å²) in [6.07, 6.45) is 6.02. The Hall–Kier alpha value is -3.57. The highest BCUT2D eigenvalue weighted by Gasteiger charge is 2.35. The summed E-state index contributed by atoms with van der Waals surface area (Å²) in [7, 11) is 1.60. The number of rotatable bonds is 6. The molecule has 2 aromatic carbocycles. The summed E-state index contributed by atoms with van der Waals surface area (Å²) in [4.78, 5) is 32.5. The number of methoxy groups -OCH3 is 1. The number of nitriles is 1. The van der Waals surface area contributed by atoms with Crippen LogP contribution in [0.1, 0.15) is 48.8 Å². The SMILES string of the molecule is COc1ccc(/C=C2\N=C(SCC(=O)NC3(C#N)CCCCC3)N(c3cc(C)cc(C)c3)C2=O)cc1. The Balaban J connectivity index is 1.58. The molecule has 0 spiro atoms. The number of benzene rings is 2. The molecular formula is C28H30N4O3S. The van der Waals surface area contributed by atoms with E-state index < -0.39 is 5.54 Å². The number of nitrogens with zero attached hydrogens (tertiary/aromatic N) is 3. The predicted molar refractivity (Wildman–Crippen MR) is 144 cm³/mol. The third-order valence-electron chi connectivity index (χ3n) is 6.35. The van der Waals surface area contributed by atoms with Crippen molar-refractivity contribution >= 4 is 40.5 Å². The Morgan fingerprint density at radius 2 is 1.83 bits per heavy atom. The summed E-state index contributed by atoms with van der Waals surface area (Å²) in [5, 5.41) is 13.1. The normalized spacial score (nSPS) is 18.1. The van der Waals surface area contributed by atoms with Crippen molar-refractivity contribution in [3.63, 3.8) is 0 Å². The molecule has 1 aliphatic carbocycles. The summed E-state index contributed by atoms with van der Waals surface area (Å²) in [5.74, 6) is 0.309. The molecule has 2 aromatic rings. The molecule has 2 aliphatic rings. The minimum atomic E-state index is -0.796.